The second kappa shape index (κ2) is 5.73. The Hall–Kier alpha value is -0.0800. The lowest BCUT2D eigenvalue weighted by atomic mass is 9.70. The van der Waals surface area contributed by atoms with E-state index in [0.29, 0.717) is 5.41 Å². The molecule has 110 valence electrons. The van der Waals surface area contributed by atoms with Crippen molar-refractivity contribution in [3.05, 3.63) is 0 Å². The smallest absolute Gasteiger partial charge is 0.00965 e. The third kappa shape index (κ3) is 3.72. The quantitative estimate of drug-likeness (QED) is 0.758. The molecule has 0 aromatic carbocycles. The van der Waals surface area contributed by atoms with Crippen molar-refractivity contribution in [2.45, 2.75) is 77.3 Å². The summed E-state index contributed by atoms with van der Waals surface area (Å²) in [6.07, 6.45) is 11.6. The van der Waals surface area contributed by atoms with E-state index < -0.39 is 0 Å². The summed E-state index contributed by atoms with van der Waals surface area (Å²) in [4.78, 5) is 2.78. The first-order valence-corrected chi connectivity index (χ1v) is 8.68. The van der Waals surface area contributed by atoms with Crippen molar-refractivity contribution in [2.24, 2.45) is 11.3 Å². The lowest BCUT2D eigenvalue weighted by Crippen LogP contribution is -2.47. The van der Waals surface area contributed by atoms with Crippen LogP contribution in [0.25, 0.3) is 0 Å². The van der Waals surface area contributed by atoms with Crippen LogP contribution in [0.3, 0.4) is 0 Å². The van der Waals surface area contributed by atoms with Crippen molar-refractivity contribution in [1.82, 2.24) is 10.2 Å². The summed E-state index contributed by atoms with van der Waals surface area (Å²) < 4.78 is 0. The standard InChI is InChI=1S/C17H32N2/c1-3-19(16-6-7-16)13-17(12-18-15-4-5-15)10-8-14(2)9-11-17/h14-16,18H,3-13H2,1-2H3. The van der Waals surface area contributed by atoms with Crippen molar-refractivity contribution in [2.75, 3.05) is 19.6 Å². The molecule has 0 spiro atoms. The summed E-state index contributed by atoms with van der Waals surface area (Å²) in [7, 11) is 0. The predicted octanol–water partition coefficient (Wildman–Crippen LogP) is 3.42. The predicted molar refractivity (Wildman–Crippen MR) is 81.4 cm³/mol. The van der Waals surface area contributed by atoms with Gasteiger partial charge in [-0.15, -0.1) is 0 Å². The third-order valence-electron chi connectivity index (χ3n) is 5.69. The molecule has 19 heavy (non-hydrogen) atoms. The molecule has 3 fully saturated rings. The van der Waals surface area contributed by atoms with E-state index in [9.17, 15) is 0 Å². The fraction of sp³-hybridized carbons (Fsp3) is 1.00. The second-order valence-electron chi connectivity index (χ2n) is 7.63. The summed E-state index contributed by atoms with van der Waals surface area (Å²) >= 11 is 0. The molecular formula is C17H32N2. The molecule has 2 heteroatoms. The normalized spacial score (nSPS) is 35.8. The molecule has 0 amide bonds. The molecule has 3 rings (SSSR count). The van der Waals surface area contributed by atoms with Gasteiger partial charge in [0.1, 0.15) is 0 Å². The van der Waals surface area contributed by atoms with Gasteiger partial charge in [-0.05, 0) is 56.4 Å². The Bertz CT molecular complexity index is 286. The van der Waals surface area contributed by atoms with Gasteiger partial charge in [-0.1, -0.05) is 26.7 Å². The van der Waals surface area contributed by atoms with Crippen LogP contribution in [0, 0.1) is 11.3 Å². The minimum absolute atomic E-state index is 0.591. The zero-order valence-electron chi connectivity index (χ0n) is 13.0. The van der Waals surface area contributed by atoms with Gasteiger partial charge in [0.2, 0.25) is 0 Å². The summed E-state index contributed by atoms with van der Waals surface area (Å²) in [5, 5.41) is 3.84. The van der Waals surface area contributed by atoms with E-state index in [0.717, 1.165) is 18.0 Å². The molecule has 0 aromatic rings. The van der Waals surface area contributed by atoms with E-state index in [-0.39, 0.29) is 0 Å². The molecule has 0 atom stereocenters. The van der Waals surface area contributed by atoms with Crippen LogP contribution in [0.1, 0.15) is 65.2 Å². The van der Waals surface area contributed by atoms with E-state index in [1.807, 2.05) is 0 Å². The van der Waals surface area contributed by atoms with Crippen molar-refractivity contribution in [1.29, 1.82) is 0 Å². The molecule has 2 nitrogen and oxygen atoms in total. The molecule has 0 saturated heterocycles. The first kappa shape index (κ1) is 13.9. The van der Waals surface area contributed by atoms with Crippen molar-refractivity contribution in [3.63, 3.8) is 0 Å². The largest absolute Gasteiger partial charge is 0.313 e. The van der Waals surface area contributed by atoms with Gasteiger partial charge in [0.05, 0.1) is 0 Å². The van der Waals surface area contributed by atoms with E-state index >= 15 is 0 Å². The fourth-order valence-corrected chi connectivity index (χ4v) is 3.78. The number of hydrogen-bond acceptors (Lipinski definition) is 2. The maximum atomic E-state index is 3.84. The average Bonchev–Trinajstić information content (AvgIpc) is 3.29. The van der Waals surface area contributed by atoms with Gasteiger partial charge in [0, 0.05) is 25.2 Å². The monoisotopic (exact) mass is 264 g/mol. The van der Waals surface area contributed by atoms with Gasteiger partial charge < -0.3 is 10.2 Å². The highest BCUT2D eigenvalue weighted by atomic mass is 15.2. The maximum absolute atomic E-state index is 3.84. The summed E-state index contributed by atoms with van der Waals surface area (Å²) in [5.74, 6) is 0.963. The highest BCUT2D eigenvalue weighted by molar-refractivity contribution is 4.95. The third-order valence-corrected chi connectivity index (χ3v) is 5.69. The molecule has 3 saturated carbocycles. The molecule has 0 bridgehead atoms. The number of rotatable bonds is 7. The lowest BCUT2D eigenvalue weighted by molar-refractivity contribution is 0.0845. The fourth-order valence-electron chi connectivity index (χ4n) is 3.78. The van der Waals surface area contributed by atoms with Crippen molar-refractivity contribution in [3.8, 4) is 0 Å². The maximum Gasteiger partial charge on any atom is 0.00965 e. The number of nitrogens with zero attached hydrogens (tertiary/aromatic N) is 1. The van der Waals surface area contributed by atoms with E-state index in [1.54, 1.807) is 0 Å². The molecule has 3 aliphatic rings. The highest BCUT2D eigenvalue weighted by Gasteiger charge is 2.39. The first-order chi connectivity index (χ1) is 9.21. The van der Waals surface area contributed by atoms with Crippen LogP contribution in [0.15, 0.2) is 0 Å². The Balaban J connectivity index is 1.59. The molecule has 0 aliphatic heterocycles. The lowest BCUT2D eigenvalue weighted by Gasteiger charge is -2.43. The van der Waals surface area contributed by atoms with Gasteiger partial charge >= 0.3 is 0 Å². The number of hydrogen-bond donors (Lipinski definition) is 1. The van der Waals surface area contributed by atoms with Crippen molar-refractivity contribution < 1.29 is 0 Å². The zero-order valence-corrected chi connectivity index (χ0v) is 13.0. The van der Waals surface area contributed by atoms with E-state index in [2.05, 4.69) is 24.1 Å². The summed E-state index contributed by atoms with van der Waals surface area (Å²) in [5.41, 5.74) is 0.591. The molecule has 0 aromatic heterocycles. The molecular weight excluding hydrogens is 232 g/mol. The van der Waals surface area contributed by atoms with Gasteiger partial charge in [-0.3, -0.25) is 0 Å². The highest BCUT2D eigenvalue weighted by Crippen LogP contribution is 2.41. The van der Waals surface area contributed by atoms with E-state index in [1.165, 1.54) is 71.0 Å². The Morgan fingerprint density at radius 2 is 1.74 bits per heavy atom. The summed E-state index contributed by atoms with van der Waals surface area (Å²) in [6.45, 7) is 8.70. The van der Waals surface area contributed by atoms with Crippen LogP contribution >= 0.6 is 0 Å². The zero-order chi connectivity index (χ0) is 13.3. The minimum Gasteiger partial charge on any atom is -0.313 e. The Morgan fingerprint density at radius 1 is 1.05 bits per heavy atom. The van der Waals surface area contributed by atoms with Gasteiger partial charge in [0.15, 0.2) is 0 Å². The second-order valence-corrected chi connectivity index (χ2v) is 7.63. The van der Waals surface area contributed by atoms with Crippen LogP contribution in [-0.2, 0) is 0 Å². The molecule has 0 radical (unpaired) electrons. The van der Waals surface area contributed by atoms with Crippen molar-refractivity contribution >= 4 is 0 Å². The van der Waals surface area contributed by atoms with E-state index in [4.69, 9.17) is 0 Å². The molecule has 0 heterocycles. The molecule has 1 N–H and O–H groups in total. The van der Waals surface area contributed by atoms with Gasteiger partial charge in [-0.25, -0.2) is 0 Å². The Morgan fingerprint density at radius 3 is 2.26 bits per heavy atom. The Labute approximate surface area is 119 Å². The van der Waals surface area contributed by atoms with Crippen LogP contribution < -0.4 is 5.32 Å². The average molecular weight is 264 g/mol. The number of nitrogens with one attached hydrogen (secondary N) is 1. The van der Waals surface area contributed by atoms with Crippen LogP contribution in [0.2, 0.25) is 0 Å². The topological polar surface area (TPSA) is 15.3 Å². The van der Waals surface area contributed by atoms with Crippen LogP contribution in [0.5, 0.6) is 0 Å². The van der Waals surface area contributed by atoms with Crippen LogP contribution in [0.4, 0.5) is 0 Å². The SMILES string of the molecule is CCN(CC1(CNC2CC2)CCC(C)CC1)C1CC1. The van der Waals surface area contributed by atoms with Gasteiger partial charge in [0.25, 0.3) is 0 Å². The van der Waals surface area contributed by atoms with Crippen LogP contribution in [-0.4, -0.2) is 36.6 Å². The van der Waals surface area contributed by atoms with Gasteiger partial charge in [-0.2, -0.15) is 0 Å². The first-order valence-electron chi connectivity index (χ1n) is 8.68. The summed E-state index contributed by atoms with van der Waals surface area (Å²) in [6, 6.07) is 1.80. The molecule has 3 aliphatic carbocycles. The molecule has 0 unspecified atom stereocenters. The minimum atomic E-state index is 0.591. The Kier molecular flexibility index (Phi) is 4.19.